The summed E-state index contributed by atoms with van der Waals surface area (Å²) < 4.78 is 0.623. The predicted octanol–water partition coefficient (Wildman–Crippen LogP) is 1.50. The van der Waals surface area contributed by atoms with Gasteiger partial charge < -0.3 is 4.90 Å². The molecule has 0 spiro atoms. The molecular formula is C7H7N3S2. The summed E-state index contributed by atoms with van der Waals surface area (Å²) in [6.07, 6.45) is 0. The summed E-state index contributed by atoms with van der Waals surface area (Å²) in [6, 6.07) is 3.49. The van der Waals surface area contributed by atoms with Crippen LogP contribution in [0, 0.1) is 22.7 Å². The van der Waals surface area contributed by atoms with E-state index in [0.717, 1.165) is 0 Å². The van der Waals surface area contributed by atoms with Gasteiger partial charge in [0.25, 0.3) is 0 Å². The third kappa shape index (κ3) is 3.97. The topological polar surface area (TPSA) is 50.8 Å². The summed E-state index contributed by atoms with van der Waals surface area (Å²) in [4.78, 5) is 1.74. The van der Waals surface area contributed by atoms with E-state index in [9.17, 15) is 0 Å². The van der Waals surface area contributed by atoms with Gasteiger partial charge in [0.2, 0.25) is 0 Å². The molecule has 0 rings (SSSR count). The Morgan fingerprint density at radius 2 is 1.92 bits per heavy atom. The van der Waals surface area contributed by atoms with Crippen LogP contribution in [0.5, 0.6) is 0 Å². The standard InChI is InChI=1S/C7H7N3S2/c1-10(2)7(11)12-5-6(3-8)4-9/h5H,1-2H3. The Labute approximate surface area is 81.3 Å². The Kier molecular flexibility index (Phi) is 5.11. The predicted molar refractivity (Wildman–Crippen MR) is 53.2 cm³/mol. The number of allylic oxidation sites excluding steroid dienone is 1. The minimum Gasteiger partial charge on any atom is -0.363 e. The van der Waals surface area contributed by atoms with Gasteiger partial charge in [-0.1, -0.05) is 24.0 Å². The molecule has 12 heavy (non-hydrogen) atoms. The molecule has 0 aromatic carbocycles. The van der Waals surface area contributed by atoms with Crippen LogP contribution in [0.3, 0.4) is 0 Å². The van der Waals surface area contributed by atoms with Crippen LogP contribution >= 0.6 is 24.0 Å². The number of nitrogens with zero attached hydrogens (tertiary/aromatic N) is 3. The van der Waals surface area contributed by atoms with E-state index >= 15 is 0 Å². The molecule has 0 N–H and O–H groups in total. The quantitative estimate of drug-likeness (QED) is 0.471. The lowest BCUT2D eigenvalue weighted by atomic mass is 10.4. The van der Waals surface area contributed by atoms with Gasteiger partial charge in [-0.2, -0.15) is 10.5 Å². The van der Waals surface area contributed by atoms with Gasteiger partial charge in [0, 0.05) is 19.5 Å². The number of rotatable bonds is 1. The van der Waals surface area contributed by atoms with Crippen molar-refractivity contribution < 1.29 is 0 Å². The summed E-state index contributed by atoms with van der Waals surface area (Å²) >= 11 is 6.11. The van der Waals surface area contributed by atoms with Crippen LogP contribution in [0.1, 0.15) is 0 Å². The van der Waals surface area contributed by atoms with Crippen LogP contribution in [0.15, 0.2) is 11.0 Å². The minimum atomic E-state index is 0.0733. The molecule has 0 amide bonds. The highest BCUT2D eigenvalue weighted by molar-refractivity contribution is 8.24. The van der Waals surface area contributed by atoms with Crippen molar-refractivity contribution in [3.63, 3.8) is 0 Å². The maximum atomic E-state index is 8.37. The lowest BCUT2D eigenvalue weighted by Crippen LogP contribution is -2.15. The maximum Gasteiger partial charge on any atom is 0.140 e. The van der Waals surface area contributed by atoms with Gasteiger partial charge in [0.1, 0.15) is 22.0 Å². The van der Waals surface area contributed by atoms with Crippen LogP contribution in [0.4, 0.5) is 0 Å². The lowest BCUT2D eigenvalue weighted by molar-refractivity contribution is 0.648. The van der Waals surface area contributed by atoms with Crippen molar-refractivity contribution in [2.45, 2.75) is 0 Å². The van der Waals surface area contributed by atoms with Gasteiger partial charge in [0.05, 0.1) is 0 Å². The second-order valence-electron chi connectivity index (χ2n) is 2.03. The zero-order valence-electron chi connectivity index (χ0n) is 6.74. The van der Waals surface area contributed by atoms with Gasteiger partial charge >= 0.3 is 0 Å². The molecule has 0 atom stereocenters. The van der Waals surface area contributed by atoms with Crippen LogP contribution in [0.2, 0.25) is 0 Å². The maximum absolute atomic E-state index is 8.37. The monoisotopic (exact) mass is 197 g/mol. The molecule has 0 aliphatic carbocycles. The van der Waals surface area contributed by atoms with E-state index in [1.54, 1.807) is 17.0 Å². The molecule has 62 valence electrons. The third-order valence-electron chi connectivity index (χ3n) is 0.884. The van der Waals surface area contributed by atoms with E-state index < -0.39 is 0 Å². The van der Waals surface area contributed by atoms with E-state index in [0.29, 0.717) is 4.32 Å². The lowest BCUT2D eigenvalue weighted by Gasteiger charge is -2.09. The van der Waals surface area contributed by atoms with Gasteiger partial charge in [-0.25, -0.2) is 0 Å². The summed E-state index contributed by atoms with van der Waals surface area (Å²) in [7, 11) is 3.61. The Hall–Kier alpha value is -1.04. The molecule has 0 aromatic heterocycles. The van der Waals surface area contributed by atoms with Crippen molar-refractivity contribution in [2.75, 3.05) is 14.1 Å². The van der Waals surface area contributed by atoms with Gasteiger partial charge in [-0.15, -0.1) is 0 Å². The zero-order chi connectivity index (χ0) is 9.56. The smallest absolute Gasteiger partial charge is 0.140 e. The zero-order valence-corrected chi connectivity index (χ0v) is 8.37. The van der Waals surface area contributed by atoms with Crippen molar-refractivity contribution in [1.82, 2.24) is 4.90 Å². The van der Waals surface area contributed by atoms with E-state index in [-0.39, 0.29) is 5.57 Å². The van der Waals surface area contributed by atoms with Crippen molar-refractivity contribution >= 4 is 28.3 Å². The molecule has 0 aliphatic rings. The Morgan fingerprint density at radius 3 is 2.25 bits per heavy atom. The number of thiocarbonyl (C=S) groups is 1. The van der Waals surface area contributed by atoms with Gasteiger partial charge in [-0.05, 0) is 0 Å². The average molecular weight is 197 g/mol. The van der Waals surface area contributed by atoms with Crippen LogP contribution in [0.25, 0.3) is 0 Å². The SMILES string of the molecule is CN(C)C(=S)SC=C(C#N)C#N. The molecule has 0 saturated heterocycles. The summed E-state index contributed by atoms with van der Waals surface area (Å²) in [6.45, 7) is 0. The first-order chi connectivity index (χ1) is 5.61. The van der Waals surface area contributed by atoms with E-state index in [2.05, 4.69) is 0 Å². The largest absolute Gasteiger partial charge is 0.363 e. The normalized spacial score (nSPS) is 7.67. The van der Waals surface area contributed by atoms with E-state index in [1.165, 1.54) is 17.2 Å². The Morgan fingerprint density at radius 1 is 1.42 bits per heavy atom. The molecule has 0 bridgehead atoms. The summed E-state index contributed by atoms with van der Waals surface area (Å²) in [5, 5.41) is 18.2. The third-order valence-corrected chi connectivity index (χ3v) is 2.46. The highest BCUT2D eigenvalue weighted by Gasteiger charge is 1.98. The fourth-order valence-electron chi connectivity index (χ4n) is 0.292. The molecule has 0 saturated carbocycles. The minimum absolute atomic E-state index is 0.0733. The van der Waals surface area contributed by atoms with Crippen molar-refractivity contribution in [3.8, 4) is 12.1 Å². The number of hydrogen-bond acceptors (Lipinski definition) is 4. The molecule has 0 radical (unpaired) electrons. The van der Waals surface area contributed by atoms with E-state index in [4.69, 9.17) is 22.7 Å². The summed E-state index contributed by atoms with van der Waals surface area (Å²) in [5.41, 5.74) is 0.0733. The molecule has 0 unspecified atom stereocenters. The molecule has 0 aliphatic heterocycles. The first-order valence-electron chi connectivity index (χ1n) is 3.00. The first-order valence-corrected chi connectivity index (χ1v) is 4.29. The first kappa shape index (κ1) is 11.0. The molecule has 5 heteroatoms. The van der Waals surface area contributed by atoms with E-state index in [1.807, 2.05) is 14.1 Å². The second-order valence-corrected chi connectivity index (χ2v) is 3.54. The summed E-state index contributed by atoms with van der Waals surface area (Å²) in [5.74, 6) is 0. The second kappa shape index (κ2) is 5.59. The Bertz CT molecular complexity index is 264. The van der Waals surface area contributed by atoms with Gasteiger partial charge in [0.15, 0.2) is 0 Å². The van der Waals surface area contributed by atoms with Crippen molar-refractivity contribution in [1.29, 1.82) is 10.5 Å². The molecule has 3 nitrogen and oxygen atoms in total. The number of hydrogen-bond donors (Lipinski definition) is 0. The van der Waals surface area contributed by atoms with Crippen LogP contribution in [-0.2, 0) is 0 Å². The van der Waals surface area contributed by atoms with Crippen LogP contribution in [-0.4, -0.2) is 23.3 Å². The molecular weight excluding hydrogens is 190 g/mol. The number of thioether (sulfide) groups is 1. The van der Waals surface area contributed by atoms with Crippen molar-refractivity contribution in [3.05, 3.63) is 11.0 Å². The average Bonchev–Trinajstić information content (AvgIpc) is 2.05. The highest BCUT2D eigenvalue weighted by atomic mass is 32.2. The fraction of sp³-hybridized carbons (Fsp3) is 0.286. The molecule has 0 fully saturated rings. The molecule has 0 heterocycles. The fourth-order valence-corrected chi connectivity index (χ4v) is 0.972. The highest BCUT2D eigenvalue weighted by Crippen LogP contribution is 2.10. The number of nitriles is 2. The molecule has 0 aromatic rings. The Balaban J connectivity index is 4.17. The van der Waals surface area contributed by atoms with Crippen molar-refractivity contribution in [2.24, 2.45) is 0 Å². The van der Waals surface area contributed by atoms with Crippen LogP contribution < -0.4 is 0 Å². The van der Waals surface area contributed by atoms with Gasteiger partial charge in [-0.3, -0.25) is 0 Å².